The van der Waals surface area contributed by atoms with E-state index in [2.05, 4.69) is 84.4 Å². The molecule has 6 aromatic carbocycles. The van der Waals surface area contributed by atoms with Gasteiger partial charge in [0.2, 0.25) is 11.6 Å². The third kappa shape index (κ3) is 21.7. The van der Waals surface area contributed by atoms with Crippen molar-refractivity contribution < 1.29 is 78.8 Å². The van der Waals surface area contributed by atoms with Crippen LogP contribution in [0.1, 0.15) is 226 Å². The molecule has 1 saturated carbocycles. The summed E-state index contributed by atoms with van der Waals surface area (Å²) in [4.78, 5) is 31.6. The van der Waals surface area contributed by atoms with Gasteiger partial charge in [0.05, 0.1) is 31.5 Å². The van der Waals surface area contributed by atoms with Gasteiger partial charge in [-0.3, -0.25) is 4.79 Å². The van der Waals surface area contributed by atoms with Crippen molar-refractivity contribution in [2.75, 3.05) is 20.3 Å². The Morgan fingerprint density at radius 1 is 0.678 bits per heavy atom. The molecule has 18 heteroatoms. The molecule has 0 amide bonds. The topological polar surface area (TPSA) is 199 Å². The lowest BCUT2D eigenvalue weighted by Crippen LogP contribution is -2.31. The first kappa shape index (κ1) is 75.2. The second-order valence-corrected chi connectivity index (χ2v) is 24.6. The highest BCUT2D eigenvalue weighted by atomic mass is 32.2. The highest BCUT2D eigenvalue weighted by molar-refractivity contribution is 7.85. The van der Waals surface area contributed by atoms with Crippen LogP contribution in [-0.4, -0.2) is 72.1 Å². The van der Waals surface area contributed by atoms with Crippen molar-refractivity contribution in [1.82, 2.24) is 0 Å². The van der Waals surface area contributed by atoms with Crippen molar-refractivity contribution in [2.24, 2.45) is 0 Å². The fraction of sp³-hybridized carbons (Fsp3) is 0.458. The zero-order valence-corrected chi connectivity index (χ0v) is 54.9. The van der Waals surface area contributed by atoms with E-state index in [1.165, 1.54) is 68.2 Å². The fourth-order valence-corrected chi connectivity index (χ4v) is 11.0. The van der Waals surface area contributed by atoms with Crippen LogP contribution in [0.25, 0.3) is 0 Å². The Morgan fingerprint density at radius 3 is 1.63 bits per heavy atom. The second kappa shape index (κ2) is 36.5. The van der Waals surface area contributed by atoms with E-state index in [1.807, 2.05) is 56.3 Å². The lowest BCUT2D eigenvalue weighted by molar-refractivity contribution is -0.136. The van der Waals surface area contributed by atoms with E-state index in [9.17, 15) is 50.0 Å². The third-order valence-electron chi connectivity index (χ3n) is 16.7. The number of hydrogen-bond donors (Lipinski definition) is 2. The van der Waals surface area contributed by atoms with Crippen molar-refractivity contribution in [2.45, 2.75) is 199 Å². The molecule has 3 atom stereocenters. The predicted octanol–water partition coefficient (Wildman–Crippen LogP) is 17.4. The van der Waals surface area contributed by atoms with Crippen LogP contribution in [-0.2, 0) is 31.7 Å². The van der Waals surface area contributed by atoms with E-state index in [1.54, 1.807) is 37.4 Å². The van der Waals surface area contributed by atoms with Crippen LogP contribution in [0.15, 0.2) is 114 Å². The molecule has 0 saturated heterocycles. The summed E-state index contributed by atoms with van der Waals surface area (Å²) in [5, 5.41) is 18.9. The summed E-state index contributed by atoms with van der Waals surface area (Å²) in [6.45, 7) is 20.7. The van der Waals surface area contributed by atoms with Gasteiger partial charge < -0.3 is 38.5 Å². The molecule has 1 aliphatic carbocycles. The maximum Gasteiger partial charge on any atom is 0.349 e. The number of halogens is 4. The number of carbonyl (C=O) groups is 2. The summed E-state index contributed by atoms with van der Waals surface area (Å²) in [6.07, 6.45) is 17.0. The molecule has 492 valence electrons. The van der Waals surface area contributed by atoms with Crippen molar-refractivity contribution in [3.63, 3.8) is 0 Å². The van der Waals surface area contributed by atoms with Crippen LogP contribution in [0.5, 0.6) is 28.7 Å². The van der Waals surface area contributed by atoms with Gasteiger partial charge >= 0.3 is 18.2 Å². The number of esters is 2. The zero-order chi connectivity index (χ0) is 66.8. The molecular formula is C72H92F4O13S. The van der Waals surface area contributed by atoms with Gasteiger partial charge in [0.15, 0.2) is 24.0 Å². The van der Waals surface area contributed by atoms with E-state index in [0.29, 0.717) is 34.5 Å². The largest absolute Gasteiger partial charge is 0.744 e. The van der Waals surface area contributed by atoms with Crippen LogP contribution < -0.4 is 18.9 Å². The van der Waals surface area contributed by atoms with E-state index in [4.69, 9.17) is 24.1 Å². The van der Waals surface area contributed by atoms with Crippen molar-refractivity contribution in [3.8, 4) is 28.7 Å². The summed E-state index contributed by atoms with van der Waals surface area (Å²) in [6, 6.07) is 33.4. The molecule has 6 aromatic rings. The van der Waals surface area contributed by atoms with E-state index in [-0.39, 0.29) is 29.8 Å². The number of unbranched alkanes of at least 4 members (excludes halogenated alkanes) is 5. The van der Waals surface area contributed by atoms with Crippen LogP contribution in [0.2, 0.25) is 0 Å². The minimum atomic E-state index is -5.84. The molecule has 1 aliphatic rings. The first-order valence-corrected chi connectivity index (χ1v) is 32.6. The van der Waals surface area contributed by atoms with Crippen LogP contribution >= 0.6 is 0 Å². The van der Waals surface area contributed by atoms with Crippen LogP contribution in [0, 0.1) is 23.3 Å². The molecule has 3 N–H and O–H groups in total. The SMILES string of the molecule is CCC(C)c1ccc(C(=O)OC2(CC)CCCC2)cc1.CCC(C)c1ccc(O)cc1.CCC(C)c1ccc(OC(=O)COc2c(F)c(F)c(S(=O)(=O)[O-])c(F)c2F)cc1.CCCCCCCCOc1ccc(C(C)(C)c2c(C=[OH+])cc(OC)cc2CO)cc1. The van der Waals surface area contributed by atoms with Gasteiger partial charge in [0.25, 0.3) is 0 Å². The molecule has 0 radical (unpaired) electrons. The minimum absolute atomic E-state index is 0.0942. The number of carbonyl (C=O) groups excluding carboxylic acids is 3. The number of hydrogen-bond acceptors (Lipinski definition) is 12. The quantitative estimate of drug-likeness (QED) is 0.00724. The summed E-state index contributed by atoms with van der Waals surface area (Å²) in [7, 11) is -4.26. The van der Waals surface area contributed by atoms with Gasteiger partial charge in [0.1, 0.15) is 43.6 Å². The fourth-order valence-electron chi connectivity index (χ4n) is 10.3. The first-order chi connectivity index (χ1) is 42.8. The Kier molecular flexibility index (Phi) is 30.5. The lowest BCUT2D eigenvalue weighted by Gasteiger charge is -2.29. The summed E-state index contributed by atoms with van der Waals surface area (Å²) < 4.78 is 113. The van der Waals surface area contributed by atoms with Crippen molar-refractivity contribution in [1.29, 1.82) is 0 Å². The maximum absolute atomic E-state index is 13.8. The van der Waals surface area contributed by atoms with Gasteiger partial charge in [-0.15, -0.1) is 0 Å². The highest BCUT2D eigenvalue weighted by Gasteiger charge is 2.36. The minimum Gasteiger partial charge on any atom is -0.744 e. The number of phenols is 1. The molecule has 0 heterocycles. The third-order valence-corrected chi connectivity index (χ3v) is 17.5. The number of aromatic hydroxyl groups is 1. The van der Waals surface area contributed by atoms with Gasteiger partial charge in [-0.2, -0.15) is 8.78 Å². The molecule has 90 heavy (non-hydrogen) atoms. The van der Waals surface area contributed by atoms with Crippen molar-refractivity contribution in [3.05, 3.63) is 177 Å². The van der Waals surface area contributed by atoms with E-state index < -0.39 is 62.0 Å². The number of rotatable bonds is 27. The smallest absolute Gasteiger partial charge is 0.349 e. The Labute approximate surface area is 530 Å². The number of methoxy groups -OCH3 is 1. The average Bonchev–Trinajstić information content (AvgIpc) is 0.925. The monoisotopic (exact) mass is 1270 g/mol. The summed E-state index contributed by atoms with van der Waals surface area (Å²) >= 11 is 0. The maximum atomic E-state index is 13.8. The first-order valence-electron chi connectivity index (χ1n) is 31.2. The standard InChI is InChI=1S/C26H36O4.C18H16F4O6S.C18H26O2.C10H14O/c1-5-6-7-8-9-10-15-30-23-13-11-22(12-14-23)26(2,3)25-20(18-27)16-24(29-4)17-21(25)19-28;1-3-9(2)10-4-6-11(7-5-10)28-12(23)8-27-17-13(19)15(21)18(29(24,25)26)16(22)14(17)20;1-4-14(3)15-8-10-16(11-9-15)17(19)20-18(5-2)12-6-7-13-18;1-3-8(2)9-4-6-10(11)7-5-9/h11-14,16-18,28H,5-10,15,19H2,1-4H3;4-7,9H,3,8H2,1-2H3,(H,24,25,26);8-11,14H,4-7,12-13H2,1-3H3;4-8,11H,3H2,1-2H3. The molecule has 0 spiro atoms. The molecule has 0 aromatic heterocycles. The van der Waals surface area contributed by atoms with Gasteiger partial charge in [-0.05, 0) is 170 Å². The molecular weight excluding hydrogens is 1180 g/mol. The predicted molar refractivity (Wildman–Crippen MR) is 343 cm³/mol. The number of aliphatic hydroxyl groups excluding tert-OH is 1. The average molecular weight is 1270 g/mol. The number of ether oxygens (including phenoxy) is 5. The Morgan fingerprint density at radius 2 is 1.17 bits per heavy atom. The number of aliphatic hydroxyl groups is 1. The molecule has 0 bridgehead atoms. The van der Waals surface area contributed by atoms with Crippen molar-refractivity contribution >= 4 is 28.3 Å². The molecule has 3 unspecified atom stereocenters. The molecule has 7 rings (SSSR count). The Balaban J connectivity index is 0.000000269. The zero-order valence-electron chi connectivity index (χ0n) is 54.1. The number of benzene rings is 6. The molecule has 13 nitrogen and oxygen atoms in total. The number of aldehydes is 1. The lowest BCUT2D eigenvalue weighted by atomic mass is 9.74. The second-order valence-electron chi connectivity index (χ2n) is 23.3. The Hall–Kier alpha value is -7.28. The van der Waals surface area contributed by atoms with E-state index >= 15 is 0 Å². The molecule has 0 aliphatic heterocycles. The van der Waals surface area contributed by atoms with Gasteiger partial charge in [-0.25, -0.2) is 26.8 Å². The van der Waals surface area contributed by atoms with Crippen LogP contribution in [0.4, 0.5) is 17.6 Å². The van der Waals surface area contributed by atoms with Gasteiger partial charge in [0, 0.05) is 5.41 Å². The number of phenolic OH excluding ortho intramolecular Hbond substituents is 1. The summed E-state index contributed by atoms with van der Waals surface area (Å²) in [5.41, 5.74) is 6.98. The van der Waals surface area contributed by atoms with Gasteiger partial charge in [-0.1, -0.05) is 150 Å². The summed E-state index contributed by atoms with van der Waals surface area (Å²) in [5.74, 6) is -9.14. The van der Waals surface area contributed by atoms with E-state index in [0.717, 1.165) is 85.8 Å². The normalized spacial score (nSPS) is 13.6. The van der Waals surface area contributed by atoms with Crippen LogP contribution in [0.3, 0.4) is 0 Å². The Bertz CT molecular complexity index is 3280. The molecule has 1 fully saturated rings. The highest BCUT2D eigenvalue weighted by Crippen LogP contribution is 2.40.